The normalized spacial score (nSPS) is 18.7. The fourth-order valence-corrected chi connectivity index (χ4v) is 5.89. The molecule has 0 radical (unpaired) electrons. The van der Waals surface area contributed by atoms with Gasteiger partial charge in [0.2, 0.25) is 11.8 Å². The summed E-state index contributed by atoms with van der Waals surface area (Å²) >= 11 is 13.5. The molecule has 1 atom stereocenters. The van der Waals surface area contributed by atoms with Crippen molar-refractivity contribution in [1.82, 2.24) is 25.1 Å². The SMILES string of the molecule is O=C(c1cncs1)N1CC(c2nnc(Cc3ccc(Cl)c(Cl)c3)o2)C2(C1)CN(c1ccccn1)C2. The fraction of sp³-hybridized carbons (Fsp3) is 0.292. The summed E-state index contributed by atoms with van der Waals surface area (Å²) in [6.07, 6.45) is 3.86. The second-order valence-electron chi connectivity index (χ2n) is 8.97. The van der Waals surface area contributed by atoms with Crippen LogP contribution in [0.2, 0.25) is 10.0 Å². The molecule has 3 aromatic heterocycles. The zero-order chi connectivity index (χ0) is 24.0. The third kappa shape index (κ3) is 4.17. The second kappa shape index (κ2) is 8.89. The van der Waals surface area contributed by atoms with Gasteiger partial charge in [-0.05, 0) is 29.8 Å². The van der Waals surface area contributed by atoms with E-state index in [-0.39, 0.29) is 17.2 Å². The lowest BCUT2D eigenvalue weighted by molar-refractivity contribution is 0.0767. The highest BCUT2D eigenvalue weighted by atomic mass is 35.5. The van der Waals surface area contributed by atoms with Gasteiger partial charge in [0.05, 0.1) is 34.1 Å². The van der Waals surface area contributed by atoms with Crippen molar-refractivity contribution in [2.75, 3.05) is 31.1 Å². The van der Waals surface area contributed by atoms with Crippen LogP contribution in [0.4, 0.5) is 5.82 Å². The van der Waals surface area contributed by atoms with Gasteiger partial charge in [-0.1, -0.05) is 35.3 Å². The average molecular weight is 527 g/mol. The Kier molecular flexibility index (Phi) is 5.70. The predicted molar refractivity (Wildman–Crippen MR) is 133 cm³/mol. The summed E-state index contributed by atoms with van der Waals surface area (Å²) in [4.78, 5) is 26.4. The van der Waals surface area contributed by atoms with Crippen LogP contribution < -0.4 is 4.90 Å². The maximum atomic E-state index is 13.2. The zero-order valence-electron chi connectivity index (χ0n) is 18.5. The summed E-state index contributed by atoms with van der Waals surface area (Å²) in [5.74, 6) is 1.90. The molecule has 0 aliphatic carbocycles. The van der Waals surface area contributed by atoms with Gasteiger partial charge in [0.15, 0.2) is 0 Å². The molecular formula is C24H20Cl2N6O2S. The Bertz CT molecular complexity index is 1360. The van der Waals surface area contributed by atoms with Crippen LogP contribution in [0, 0.1) is 5.41 Å². The molecule has 2 saturated heterocycles. The van der Waals surface area contributed by atoms with Crippen molar-refractivity contribution in [1.29, 1.82) is 0 Å². The van der Waals surface area contributed by atoms with Crippen LogP contribution in [0.1, 0.15) is 32.9 Å². The average Bonchev–Trinajstić information content (AvgIpc) is 3.60. The molecule has 5 heterocycles. The van der Waals surface area contributed by atoms with Crippen molar-refractivity contribution in [2.45, 2.75) is 12.3 Å². The maximum absolute atomic E-state index is 13.2. The Balaban J connectivity index is 1.26. The highest BCUT2D eigenvalue weighted by Crippen LogP contribution is 2.50. The number of likely N-dealkylation sites (tertiary alicyclic amines) is 1. The molecule has 1 amide bonds. The van der Waals surface area contributed by atoms with Crippen molar-refractivity contribution >= 4 is 46.3 Å². The number of amides is 1. The molecule has 0 N–H and O–H groups in total. The van der Waals surface area contributed by atoms with E-state index in [9.17, 15) is 4.79 Å². The quantitative estimate of drug-likeness (QED) is 0.376. The minimum atomic E-state index is -0.189. The van der Waals surface area contributed by atoms with Gasteiger partial charge in [-0.2, -0.15) is 0 Å². The Labute approximate surface area is 215 Å². The lowest BCUT2D eigenvalue weighted by atomic mass is 9.71. The number of carbonyl (C=O) groups is 1. The van der Waals surface area contributed by atoms with Crippen molar-refractivity contribution in [2.24, 2.45) is 5.41 Å². The lowest BCUT2D eigenvalue weighted by Gasteiger charge is -2.50. The summed E-state index contributed by atoms with van der Waals surface area (Å²) in [6.45, 7) is 2.64. The largest absolute Gasteiger partial charge is 0.425 e. The molecule has 11 heteroatoms. The lowest BCUT2D eigenvalue weighted by Crippen LogP contribution is -2.60. The van der Waals surface area contributed by atoms with Gasteiger partial charge in [0, 0.05) is 37.8 Å². The summed E-state index contributed by atoms with van der Waals surface area (Å²) in [7, 11) is 0. The Hall–Kier alpha value is -3.01. The van der Waals surface area contributed by atoms with Crippen LogP contribution in [0.3, 0.4) is 0 Å². The minimum absolute atomic E-state index is 0.0128. The number of anilines is 1. The fourth-order valence-electron chi connectivity index (χ4n) is 4.98. The van der Waals surface area contributed by atoms with Crippen LogP contribution in [0.5, 0.6) is 0 Å². The number of benzene rings is 1. The van der Waals surface area contributed by atoms with Crippen LogP contribution in [0.15, 0.2) is 58.7 Å². The van der Waals surface area contributed by atoms with Crippen LogP contribution in [0.25, 0.3) is 0 Å². The topological polar surface area (TPSA) is 88.2 Å². The first-order valence-corrected chi connectivity index (χ1v) is 12.7. The Morgan fingerprint density at radius 1 is 1.14 bits per heavy atom. The van der Waals surface area contributed by atoms with Gasteiger partial charge >= 0.3 is 0 Å². The first-order valence-electron chi connectivity index (χ1n) is 11.1. The summed E-state index contributed by atoms with van der Waals surface area (Å²) < 4.78 is 6.15. The Morgan fingerprint density at radius 3 is 2.77 bits per heavy atom. The zero-order valence-corrected chi connectivity index (χ0v) is 20.8. The monoisotopic (exact) mass is 526 g/mol. The van der Waals surface area contributed by atoms with Gasteiger partial charge in [-0.3, -0.25) is 9.78 Å². The molecule has 1 spiro atoms. The summed E-state index contributed by atoms with van der Waals surface area (Å²) in [5, 5.41) is 9.70. The first kappa shape index (κ1) is 22.5. The third-order valence-corrected chi connectivity index (χ3v) is 8.18. The van der Waals surface area contributed by atoms with E-state index in [2.05, 4.69) is 25.1 Å². The number of nitrogens with zero attached hydrogens (tertiary/aromatic N) is 6. The molecule has 178 valence electrons. The van der Waals surface area contributed by atoms with E-state index in [0.717, 1.165) is 24.5 Å². The molecule has 2 fully saturated rings. The molecule has 2 aliphatic rings. The molecule has 2 aliphatic heterocycles. The van der Waals surface area contributed by atoms with Gasteiger partial charge < -0.3 is 14.2 Å². The van der Waals surface area contributed by atoms with Gasteiger partial charge in [-0.25, -0.2) is 4.98 Å². The second-order valence-corrected chi connectivity index (χ2v) is 10.7. The molecule has 6 rings (SSSR count). The highest BCUT2D eigenvalue weighted by Gasteiger charge is 2.58. The first-order chi connectivity index (χ1) is 17.0. The minimum Gasteiger partial charge on any atom is -0.425 e. The Morgan fingerprint density at radius 2 is 2.03 bits per heavy atom. The number of hydrogen-bond acceptors (Lipinski definition) is 8. The number of aromatic nitrogens is 4. The maximum Gasteiger partial charge on any atom is 0.265 e. The van der Waals surface area contributed by atoms with Gasteiger partial charge in [0.1, 0.15) is 10.7 Å². The van der Waals surface area contributed by atoms with Crippen LogP contribution >= 0.6 is 34.5 Å². The highest BCUT2D eigenvalue weighted by molar-refractivity contribution is 7.11. The molecule has 8 nitrogen and oxygen atoms in total. The molecule has 0 bridgehead atoms. The molecule has 1 unspecified atom stereocenters. The summed E-state index contributed by atoms with van der Waals surface area (Å²) in [5.41, 5.74) is 2.42. The van der Waals surface area contributed by atoms with Crippen molar-refractivity contribution < 1.29 is 9.21 Å². The smallest absolute Gasteiger partial charge is 0.265 e. The van der Waals surface area contributed by atoms with E-state index >= 15 is 0 Å². The van der Waals surface area contributed by atoms with E-state index in [1.807, 2.05) is 29.2 Å². The summed E-state index contributed by atoms with van der Waals surface area (Å²) in [6, 6.07) is 11.3. The van der Waals surface area contributed by atoms with Crippen molar-refractivity contribution in [3.05, 3.63) is 86.6 Å². The number of halogens is 2. The molecule has 4 aromatic rings. The molecule has 1 aromatic carbocycles. The van der Waals surface area contributed by atoms with Crippen LogP contribution in [-0.2, 0) is 6.42 Å². The number of rotatable bonds is 5. The van der Waals surface area contributed by atoms with E-state index < -0.39 is 0 Å². The number of carbonyl (C=O) groups excluding carboxylic acids is 1. The molecule has 35 heavy (non-hydrogen) atoms. The van der Waals surface area contributed by atoms with Crippen molar-refractivity contribution in [3.63, 3.8) is 0 Å². The van der Waals surface area contributed by atoms with E-state index in [0.29, 0.717) is 46.2 Å². The number of hydrogen-bond donors (Lipinski definition) is 0. The van der Waals surface area contributed by atoms with E-state index in [1.165, 1.54) is 11.3 Å². The van der Waals surface area contributed by atoms with Gasteiger partial charge in [0.25, 0.3) is 5.91 Å². The predicted octanol–water partition coefficient (Wildman–Crippen LogP) is 4.56. The van der Waals surface area contributed by atoms with E-state index in [4.69, 9.17) is 27.6 Å². The standard InChI is InChI=1S/C24H20Cl2N6O2S/c25-17-5-4-15(7-18(17)26)8-21-29-30-22(34-21)16-10-31(23(33)19-9-27-14-35-19)11-24(16)12-32(13-24)20-3-1-2-6-28-20/h1-7,9,14,16H,8,10-13H2. The van der Waals surface area contributed by atoms with Crippen molar-refractivity contribution in [3.8, 4) is 0 Å². The third-order valence-electron chi connectivity index (χ3n) is 6.68. The number of thiazole rings is 1. The van der Waals surface area contributed by atoms with Gasteiger partial charge in [-0.15, -0.1) is 21.5 Å². The molecular weight excluding hydrogens is 507 g/mol. The molecule has 0 saturated carbocycles. The van der Waals surface area contributed by atoms with Crippen LogP contribution in [-0.4, -0.2) is 57.2 Å². The van der Waals surface area contributed by atoms with E-state index in [1.54, 1.807) is 30.0 Å². The number of pyridine rings is 1.